The van der Waals surface area contributed by atoms with E-state index in [1.54, 1.807) is 0 Å². The molecule has 570 valence electrons. The van der Waals surface area contributed by atoms with Crippen molar-refractivity contribution in [3.63, 3.8) is 0 Å². The van der Waals surface area contributed by atoms with E-state index in [1.165, 1.54) is 96.3 Å². The molecule has 0 aliphatic carbocycles. The average Bonchev–Trinajstić information content (AvgIpc) is 0.986. The third kappa shape index (κ3) is 70.9. The van der Waals surface area contributed by atoms with Gasteiger partial charge in [0.25, 0.3) is 0 Å². The number of unbranched alkanes of at least 4 members (excludes halogenated alkanes) is 36. The molecule has 17 nitrogen and oxygen atoms in total. The summed E-state index contributed by atoms with van der Waals surface area (Å²) < 4.78 is 68.5. The standard InChI is InChI=1S/C79H142O17P2/c1-5-9-13-17-21-25-29-32-35-36-39-41-45-48-52-56-60-64-77(82)89-69-74(95-78(83)65-61-57-53-49-43-28-24-20-16-12-8-4)71-93-97(85,86)91-67-73(80)68-92-98(87,88)94-72-75(96-79(84)66-62-58-54-50-46-42-38-34-31-27-23-19-15-11-7-3)70-90-76(81)63-59-55-51-47-44-40-37-33-30-26-22-18-14-10-6-2/h9,13,21-22,25-26,32-35,37-38,73-75,80H,5-8,10-12,14-20,23-24,27-31,36,39-72H2,1-4H3,(H,85,86)(H,87,88)/b13-9-,25-21-,26-22-,35-32-,37-33-,38-34-. The van der Waals surface area contributed by atoms with E-state index in [9.17, 15) is 43.2 Å². The minimum atomic E-state index is -4.97. The summed E-state index contributed by atoms with van der Waals surface area (Å²) in [6.45, 7) is 4.74. The molecular formula is C79H142O17P2. The van der Waals surface area contributed by atoms with Gasteiger partial charge in [-0.3, -0.25) is 37.3 Å². The lowest BCUT2D eigenvalue weighted by Gasteiger charge is -2.21. The Kier molecular flexibility index (Phi) is 69.3. The number of hydrogen-bond donors (Lipinski definition) is 3. The van der Waals surface area contributed by atoms with Gasteiger partial charge in [0.2, 0.25) is 0 Å². The second-order valence-electron chi connectivity index (χ2n) is 26.3. The number of rotatable bonds is 74. The van der Waals surface area contributed by atoms with E-state index in [2.05, 4.69) is 101 Å². The summed E-state index contributed by atoms with van der Waals surface area (Å²) in [6.07, 6.45) is 71.7. The number of phosphoric acid groups is 2. The lowest BCUT2D eigenvalue weighted by atomic mass is 10.1. The lowest BCUT2D eigenvalue weighted by molar-refractivity contribution is -0.161. The Balaban J connectivity index is 5.31. The van der Waals surface area contributed by atoms with E-state index in [0.717, 1.165) is 173 Å². The highest BCUT2D eigenvalue weighted by molar-refractivity contribution is 7.47. The molecule has 19 heteroatoms. The molecule has 0 aliphatic heterocycles. The SMILES string of the molecule is CC/C=C\C/C=C\C/C=C\CCCCCCCCCC(=O)OCC(COP(=O)(O)OCC(O)COP(=O)(O)OCC(COC(=O)CCCCCCC/C=C\C/C=C\CCCCC)OC(=O)CCCCCCC/C=C\CCCCCCCC)OC(=O)CCCCCCCCCCCCC. The number of aliphatic hydroxyl groups is 1. The van der Waals surface area contributed by atoms with Crippen LogP contribution in [0.1, 0.15) is 349 Å². The zero-order valence-electron chi connectivity index (χ0n) is 62.2. The van der Waals surface area contributed by atoms with E-state index in [0.29, 0.717) is 25.7 Å². The Morgan fingerprint density at radius 3 is 0.847 bits per heavy atom. The largest absolute Gasteiger partial charge is 0.472 e. The van der Waals surface area contributed by atoms with Crippen molar-refractivity contribution in [1.29, 1.82) is 0 Å². The molecule has 0 saturated heterocycles. The first-order valence-corrected chi connectivity index (χ1v) is 42.2. The topological polar surface area (TPSA) is 237 Å². The van der Waals surface area contributed by atoms with E-state index in [-0.39, 0.29) is 25.7 Å². The molecule has 0 amide bonds. The highest BCUT2D eigenvalue weighted by atomic mass is 31.2. The van der Waals surface area contributed by atoms with Crippen LogP contribution in [0.25, 0.3) is 0 Å². The smallest absolute Gasteiger partial charge is 0.462 e. The van der Waals surface area contributed by atoms with Crippen LogP contribution in [0.15, 0.2) is 72.9 Å². The molecule has 0 heterocycles. The molecule has 0 aromatic rings. The van der Waals surface area contributed by atoms with Crippen molar-refractivity contribution < 1.29 is 80.2 Å². The number of allylic oxidation sites excluding steroid dienone is 12. The summed E-state index contributed by atoms with van der Waals surface area (Å²) in [7, 11) is -9.94. The van der Waals surface area contributed by atoms with Gasteiger partial charge in [-0.05, 0) is 116 Å². The molecule has 0 fully saturated rings. The van der Waals surface area contributed by atoms with E-state index in [4.69, 9.17) is 37.0 Å². The molecule has 3 N–H and O–H groups in total. The van der Waals surface area contributed by atoms with Crippen molar-refractivity contribution in [3.05, 3.63) is 72.9 Å². The van der Waals surface area contributed by atoms with Gasteiger partial charge in [0.1, 0.15) is 19.3 Å². The zero-order valence-corrected chi connectivity index (χ0v) is 64.0. The van der Waals surface area contributed by atoms with Crippen LogP contribution in [0.4, 0.5) is 0 Å². The fourth-order valence-electron chi connectivity index (χ4n) is 10.7. The van der Waals surface area contributed by atoms with Crippen LogP contribution >= 0.6 is 15.6 Å². The molecule has 0 spiro atoms. The first kappa shape index (κ1) is 94.5. The lowest BCUT2D eigenvalue weighted by Crippen LogP contribution is -2.30. The van der Waals surface area contributed by atoms with Crippen molar-refractivity contribution in [1.82, 2.24) is 0 Å². The van der Waals surface area contributed by atoms with Crippen LogP contribution in [-0.2, 0) is 65.4 Å². The maximum Gasteiger partial charge on any atom is 0.472 e. The predicted molar refractivity (Wildman–Crippen MR) is 400 cm³/mol. The van der Waals surface area contributed by atoms with Crippen molar-refractivity contribution in [3.8, 4) is 0 Å². The summed E-state index contributed by atoms with van der Waals surface area (Å²) >= 11 is 0. The number of carbonyl (C=O) groups excluding carboxylic acids is 4. The Bertz CT molecular complexity index is 2140. The van der Waals surface area contributed by atoms with Crippen LogP contribution in [0.3, 0.4) is 0 Å². The molecule has 0 saturated carbocycles. The maximum absolute atomic E-state index is 13.1. The number of hydrogen-bond acceptors (Lipinski definition) is 15. The van der Waals surface area contributed by atoms with Crippen molar-refractivity contribution in [2.75, 3.05) is 39.6 Å². The first-order valence-electron chi connectivity index (χ1n) is 39.2. The predicted octanol–water partition coefficient (Wildman–Crippen LogP) is 22.4. The summed E-state index contributed by atoms with van der Waals surface area (Å²) in [4.78, 5) is 72.9. The van der Waals surface area contributed by atoms with Gasteiger partial charge < -0.3 is 33.8 Å². The van der Waals surface area contributed by atoms with Gasteiger partial charge in [-0.15, -0.1) is 0 Å². The monoisotopic (exact) mass is 1420 g/mol. The van der Waals surface area contributed by atoms with Gasteiger partial charge in [0, 0.05) is 25.7 Å². The van der Waals surface area contributed by atoms with Gasteiger partial charge in [-0.25, -0.2) is 9.13 Å². The molecule has 5 unspecified atom stereocenters. The Morgan fingerprint density at radius 2 is 0.531 bits per heavy atom. The van der Waals surface area contributed by atoms with Crippen molar-refractivity contribution in [2.24, 2.45) is 0 Å². The zero-order chi connectivity index (χ0) is 71.8. The highest BCUT2D eigenvalue weighted by Gasteiger charge is 2.30. The second kappa shape index (κ2) is 71.9. The maximum atomic E-state index is 13.1. The molecule has 0 bridgehead atoms. The van der Waals surface area contributed by atoms with Gasteiger partial charge in [0.05, 0.1) is 26.4 Å². The molecule has 0 aliphatic rings. The third-order valence-corrected chi connectivity index (χ3v) is 18.6. The number of aliphatic hydroxyl groups excluding tert-OH is 1. The fraction of sp³-hybridized carbons (Fsp3) is 0.797. The summed E-state index contributed by atoms with van der Waals surface area (Å²) in [6, 6.07) is 0. The van der Waals surface area contributed by atoms with Crippen LogP contribution in [-0.4, -0.2) is 96.7 Å². The Labute approximate surface area is 596 Å². The molecule has 5 atom stereocenters. The first-order chi connectivity index (χ1) is 47.7. The van der Waals surface area contributed by atoms with Crippen molar-refractivity contribution in [2.45, 2.75) is 367 Å². The molecule has 0 radical (unpaired) electrons. The van der Waals surface area contributed by atoms with Gasteiger partial charge in [-0.2, -0.15) is 0 Å². The highest BCUT2D eigenvalue weighted by Crippen LogP contribution is 2.45. The Hall–Kier alpha value is -3.50. The second-order valence-corrected chi connectivity index (χ2v) is 29.2. The average molecular weight is 1430 g/mol. The summed E-state index contributed by atoms with van der Waals surface area (Å²) in [5.74, 6) is -2.18. The van der Waals surface area contributed by atoms with Crippen LogP contribution in [0.2, 0.25) is 0 Å². The van der Waals surface area contributed by atoms with E-state index >= 15 is 0 Å². The van der Waals surface area contributed by atoms with Crippen LogP contribution < -0.4 is 0 Å². The van der Waals surface area contributed by atoms with E-state index in [1.807, 2.05) is 0 Å². The minimum Gasteiger partial charge on any atom is -0.462 e. The molecule has 0 aromatic heterocycles. The van der Waals surface area contributed by atoms with Crippen LogP contribution in [0.5, 0.6) is 0 Å². The minimum absolute atomic E-state index is 0.0853. The van der Waals surface area contributed by atoms with Crippen LogP contribution in [0, 0.1) is 0 Å². The van der Waals surface area contributed by atoms with Crippen molar-refractivity contribution >= 4 is 39.5 Å². The molecular weight excluding hydrogens is 1280 g/mol. The van der Waals surface area contributed by atoms with Gasteiger partial charge >= 0.3 is 39.5 Å². The third-order valence-electron chi connectivity index (χ3n) is 16.7. The quantitative estimate of drug-likeness (QED) is 0.0169. The van der Waals surface area contributed by atoms with Gasteiger partial charge in [0.15, 0.2) is 12.2 Å². The normalized spacial score (nSPS) is 14.3. The number of esters is 4. The fourth-order valence-corrected chi connectivity index (χ4v) is 12.3. The molecule has 98 heavy (non-hydrogen) atoms. The summed E-state index contributed by atoms with van der Waals surface area (Å²) in [5.41, 5.74) is 0. The summed E-state index contributed by atoms with van der Waals surface area (Å²) in [5, 5.41) is 10.6. The number of phosphoric ester groups is 2. The molecule has 0 rings (SSSR count). The molecule has 0 aromatic carbocycles. The Morgan fingerprint density at radius 1 is 0.296 bits per heavy atom. The van der Waals surface area contributed by atoms with Gasteiger partial charge in [-0.1, -0.05) is 280 Å². The number of ether oxygens (including phenoxy) is 4. The number of carbonyl (C=O) groups is 4. The van der Waals surface area contributed by atoms with E-state index < -0.39 is 97.5 Å².